The summed E-state index contributed by atoms with van der Waals surface area (Å²) in [4.78, 5) is 26.2. The van der Waals surface area contributed by atoms with Crippen LogP contribution in [0, 0.1) is 0 Å². The second-order valence-corrected chi connectivity index (χ2v) is 8.19. The SMILES string of the molecule is CC(c1ccc(C(N)=O)c(OCCCCO)c1)N(C(=O)OC(C)(C)C)C1CC1. The molecule has 1 aliphatic carbocycles. The average Bonchev–Trinajstić information content (AvgIpc) is 3.41. The van der Waals surface area contributed by atoms with Gasteiger partial charge < -0.3 is 20.3 Å². The molecular formula is C21H32N2O5. The monoisotopic (exact) mass is 392 g/mol. The maximum atomic E-state index is 12.7. The lowest BCUT2D eigenvalue weighted by molar-refractivity contribution is 0.0153. The van der Waals surface area contributed by atoms with E-state index >= 15 is 0 Å². The fourth-order valence-corrected chi connectivity index (χ4v) is 2.97. The molecule has 1 saturated carbocycles. The predicted octanol–water partition coefficient (Wildman–Crippen LogP) is 3.40. The van der Waals surface area contributed by atoms with Gasteiger partial charge in [-0.3, -0.25) is 9.69 Å². The van der Waals surface area contributed by atoms with Crippen molar-refractivity contribution in [2.45, 2.75) is 71.1 Å². The fraction of sp³-hybridized carbons (Fsp3) is 0.619. The van der Waals surface area contributed by atoms with Crippen LogP contribution in [0.3, 0.4) is 0 Å². The number of aliphatic hydroxyl groups is 1. The molecule has 0 aromatic heterocycles. The van der Waals surface area contributed by atoms with Crippen LogP contribution in [0.4, 0.5) is 4.79 Å². The Morgan fingerprint density at radius 3 is 2.50 bits per heavy atom. The molecule has 1 aromatic carbocycles. The number of ether oxygens (including phenoxy) is 2. The number of primary amides is 1. The summed E-state index contributed by atoms with van der Waals surface area (Å²) in [6.45, 7) is 7.95. The lowest BCUT2D eigenvalue weighted by Gasteiger charge is -2.32. The summed E-state index contributed by atoms with van der Waals surface area (Å²) in [7, 11) is 0. The molecule has 0 bridgehead atoms. The zero-order valence-corrected chi connectivity index (χ0v) is 17.2. The van der Waals surface area contributed by atoms with Gasteiger partial charge >= 0.3 is 6.09 Å². The molecule has 2 amide bonds. The summed E-state index contributed by atoms with van der Waals surface area (Å²) in [6, 6.07) is 5.13. The Hall–Kier alpha value is -2.28. The minimum Gasteiger partial charge on any atom is -0.493 e. The van der Waals surface area contributed by atoms with Crippen LogP contribution in [0.1, 0.15) is 75.3 Å². The summed E-state index contributed by atoms with van der Waals surface area (Å²) in [5, 5.41) is 8.90. The highest BCUT2D eigenvalue weighted by Gasteiger charge is 2.38. The molecule has 1 fully saturated rings. The number of carbonyl (C=O) groups is 2. The van der Waals surface area contributed by atoms with E-state index in [9.17, 15) is 9.59 Å². The van der Waals surface area contributed by atoms with Gasteiger partial charge in [-0.15, -0.1) is 0 Å². The second-order valence-electron chi connectivity index (χ2n) is 8.19. The zero-order chi connectivity index (χ0) is 20.9. The van der Waals surface area contributed by atoms with Gasteiger partial charge in [-0.1, -0.05) is 6.07 Å². The summed E-state index contributed by atoms with van der Waals surface area (Å²) < 4.78 is 11.3. The third kappa shape index (κ3) is 6.12. The molecule has 0 spiro atoms. The van der Waals surface area contributed by atoms with Gasteiger partial charge in [-0.05, 0) is 71.1 Å². The first-order valence-corrected chi connectivity index (χ1v) is 9.82. The van der Waals surface area contributed by atoms with Crippen molar-refractivity contribution in [1.29, 1.82) is 0 Å². The minimum absolute atomic E-state index is 0.0926. The molecule has 0 saturated heterocycles. The topological polar surface area (TPSA) is 102 Å². The first kappa shape index (κ1) is 22.0. The smallest absolute Gasteiger partial charge is 0.411 e. The number of hydrogen-bond acceptors (Lipinski definition) is 5. The van der Waals surface area contributed by atoms with E-state index in [4.69, 9.17) is 20.3 Å². The Kier molecular flexibility index (Phi) is 7.29. The second kappa shape index (κ2) is 9.28. The molecule has 0 radical (unpaired) electrons. The number of carbonyl (C=O) groups excluding carboxylic acids is 2. The van der Waals surface area contributed by atoms with E-state index in [1.165, 1.54) is 0 Å². The van der Waals surface area contributed by atoms with Crippen LogP contribution in [0.25, 0.3) is 0 Å². The van der Waals surface area contributed by atoms with Crippen molar-refractivity contribution in [2.24, 2.45) is 5.73 Å². The Morgan fingerprint density at radius 2 is 1.96 bits per heavy atom. The maximum absolute atomic E-state index is 12.7. The highest BCUT2D eigenvalue weighted by molar-refractivity contribution is 5.95. The van der Waals surface area contributed by atoms with E-state index < -0.39 is 11.5 Å². The number of hydrogen-bond donors (Lipinski definition) is 2. The largest absolute Gasteiger partial charge is 0.493 e. The van der Waals surface area contributed by atoms with Gasteiger partial charge in [0.25, 0.3) is 5.91 Å². The zero-order valence-electron chi connectivity index (χ0n) is 17.2. The summed E-state index contributed by atoms with van der Waals surface area (Å²) in [5.41, 5.74) is 6.04. The maximum Gasteiger partial charge on any atom is 0.411 e. The first-order valence-electron chi connectivity index (χ1n) is 9.82. The third-order valence-electron chi connectivity index (χ3n) is 4.53. The molecule has 2 rings (SSSR count). The molecule has 0 aliphatic heterocycles. The van der Waals surface area contributed by atoms with E-state index in [1.807, 2.05) is 27.7 Å². The van der Waals surface area contributed by atoms with Crippen LogP contribution >= 0.6 is 0 Å². The fourth-order valence-electron chi connectivity index (χ4n) is 2.97. The van der Waals surface area contributed by atoms with Crippen molar-refractivity contribution in [3.63, 3.8) is 0 Å². The number of benzene rings is 1. The molecule has 1 aliphatic rings. The van der Waals surface area contributed by atoms with Crippen molar-refractivity contribution in [1.82, 2.24) is 4.90 Å². The highest BCUT2D eigenvalue weighted by Crippen LogP contribution is 2.37. The Labute approximate surface area is 166 Å². The van der Waals surface area contributed by atoms with Crippen LogP contribution in [0.5, 0.6) is 5.75 Å². The minimum atomic E-state index is -0.569. The van der Waals surface area contributed by atoms with Crippen molar-refractivity contribution >= 4 is 12.0 Å². The van der Waals surface area contributed by atoms with Crippen LogP contribution in [-0.4, -0.2) is 46.9 Å². The van der Waals surface area contributed by atoms with Crippen LogP contribution in [0.2, 0.25) is 0 Å². The van der Waals surface area contributed by atoms with Crippen molar-refractivity contribution in [3.05, 3.63) is 29.3 Å². The van der Waals surface area contributed by atoms with Gasteiger partial charge in [-0.2, -0.15) is 0 Å². The molecule has 156 valence electrons. The number of unbranched alkanes of at least 4 members (excludes halogenated alkanes) is 1. The van der Waals surface area contributed by atoms with E-state index in [1.54, 1.807) is 23.1 Å². The van der Waals surface area contributed by atoms with Gasteiger partial charge in [0.2, 0.25) is 0 Å². The standard InChI is InChI=1S/C21H32N2O5/c1-14(23(16-8-9-16)20(26)28-21(2,3)4)15-7-10-17(19(22)25)18(13-15)27-12-6-5-11-24/h7,10,13-14,16,24H,5-6,8-9,11-12H2,1-4H3,(H2,22,25). The lowest BCUT2D eigenvalue weighted by Crippen LogP contribution is -2.39. The van der Waals surface area contributed by atoms with Gasteiger partial charge in [0.05, 0.1) is 18.2 Å². The Balaban J connectivity index is 2.23. The van der Waals surface area contributed by atoms with Crippen molar-refractivity contribution < 1.29 is 24.2 Å². The summed E-state index contributed by atoms with van der Waals surface area (Å²) in [6.07, 6.45) is 2.85. The highest BCUT2D eigenvalue weighted by atomic mass is 16.6. The molecule has 0 heterocycles. The van der Waals surface area contributed by atoms with E-state index in [0.29, 0.717) is 30.8 Å². The van der Waals surface area contributed by atoms with Gasteiger partial charge in [0.1, 0.15) is 11.4 Å². The van der Waals surface area contributed by atoms with Crippen LogP contribution < -0.4 is 10.5 Å². The van der Waals surface area contributed by atoms with Crippen LogP contribution in [0.15, 0.2) is 18.2 Å². The summed E-state index contributed by atoms with van der Waals surface area (Å²) >= 11 is 0. The molecule has 1 aromatic rings. The van der Waals surface area contributed by atoms with Crippen molar-refractivity contribution in [2.75, 3.05) is 13.2 Å². The number of nitrogens with zero attached hydrogens (tertiary/aromatic N) is 1. The van der Waals surface area contributed by atoms with E-state index in [-0.39, 0.29) is 24.8 Å². The van der Waals surface area contributed by atoms with Gasteiger partial charge in [-0.25, -0.2) is 4.79 Å². The number of rotatable bonds is 9. The summed E-state index contributed by atoms with van der Waals surface area (Å²) in [5.74, 6) is -0.169. The first-order chi connectivity index (χ1) is 13.1. The predicted molar refractivity (Wildman–Crippen MR) is 106 cm³/mol. The quantitative estimate of drug-likeness (QED) is 0.627. The Bertz CT molecular complexity index is 695. The average molecular weight is 392 g/mol. The number of amides is 2. The molecule has 7 heteroatoms. The van der Waals surface area contributed by atoms with Crippen molar-refractivity contribution in [3.8, 4) is 5.75 Å². The number of nitrogens with two attached hydrogens (primary N) is 1. The van der Waals surface area contributed by atoms with Gasteiger partial charge in [0, 0.05) is 12.6 Å². The molecule has 7 nitrogen and oxygen atoms in total. The molecule has 1 atom stereocenters. The number of aliphatic hydroxyl groups excluding tert-OH is 1. The lowest BCUT2D eigenvalue weighted by atomic mass is 10.0. The third-order valence-corrected chi connectivity index (χ3v) is 4.53. The Morgan fingerprint density at radius 1 is 1.29 bits per heavy atom. The van der Waals surface area contributed by atoms with E-state index in [2.05, 4.69) is 0 Å². The molecular weight excluding hydrogens is 360 g/mol. The van der Waals surface area contributed by atoms with Crippen LogP contribution in [-0.2, 0) is 4.74 Å². The molecule has 1 unspecified atom stereocenters. The van der Waals surface area contributed by atoms with Gasteiger partial charge in [0.15, 0.2) is 0 Å². The van der Waals surface area contributed by atoms with E-state index in [0.717, 1.165) is 18.4 Å². The molecule has 3 N–H and O–H groups in total. The normalized spacial score (nSPS) is 15.0. The molecule has 28 heavy (non-hydrogen) atoms.